The molecule has 3 heterocycles. The Hall–Kier alpha value is -2.80. The largest absolute Gasteiger partial charge is 0.506 e. The van der Waals surface area contributed by atoms with E-state index in [1.54, 1.807) is 0 Å². The Kier molecular flexibility index (Phi) is 3.96. The smallest absolute Gasteiger partial charge is 0.345 e. The summed E-state index contributed by atoms with van der Waals surface area (Å²) in [5.74, 6) is -1.89. The maximum Gasteiger partial charge on any atom is 0.345 e. The van der Waals surface area contributed by atoms with Crippen molar-refractivity contribution in [1.82, 2.24) is 10.3 Å². The number of rotatable bonds is 4. The highest BCUT2D eigenvalue weighted by Gasteiger charge is 2.37. The van der Waals surface area contributed by atoms with E-state index in [1.165, 1.54) is 6.42 Å². The van der Waals surface area contributed by atoms with Crippen LogP contribution < -0.4 is 15.8 Å². The number of carboxylic acids is 1. The van der Waals surface area contributed by atoms with Crippen LogP contribution in [0.2, 0.25) is 0 Å². The van der Waals surface area contributed by atoms with Crippen molar-refractivity contribution in [2.75, 3.05) is 18.0 Å². The van der Waals surface area contributed by atoms with E-state index >= 15 is 0 Å². The SMILES string of the molecule is CCc1c(-c2ccc(N3CC4CC3CN4)cc2)[nH]c(=O)c(C(=O)O)c1O. The fourth-order valence-corrected chi connectivity index (χ4v) is 4.11. The molecule has 4 rings (SSSR count). The number of H-pyrrole nitrogens is 1. The van der Waals surface area contributed by atoms with E-state index < -0.39 is 22.8 Å². The van der Waals surface area contributed by atoms with Crippen LogP contribution in [0, 0.1) is 0 Å². The number of fused-ring (bicyclic) bond motifs is 2. The summed E-state index contributed by atoms with van der Waals surface area (Å²) in [4.78, 5) is 28.3. The fourth-order valence-electron chi connectivity index (χ4n) is 4.11. The Morgan fingerprint density at radius 3 is 2.58 bits per heavy atom. The Balaban J connectivity index is 1.72. The molecule has 2 aliphatic heterocycles. The van der Waals surface area contributed by atoms with Crippen molar-refractivity contribution in [2.24, 2.45) is 0 Å². The minimum atomic E-state index is -1.43. The molecule has 0 amide bonds. The van der Waals surface area contributed by atoms with Gasteiger partial charge in [0.25, 0.3) is 5.56 Å². The number of aromatic carboxylic acids is 1. The van der Waals surface area contributed by atoms with E-state index in [0.717, 1.165) is 24.3 Å². The highest BCUT2D eigenvalue weighted by Crippen LogP contribution is 2.33. The number of nitrogens with zero attached hydrogens (tertiary/aromatic N) is 1. The third-order valence-electron chi connectivity index (χ3n) is 5.40. The predicted octanol–water partition coefficient (Wildman–Crippen LogP) is 1.56. The number of hydrogen-bond donors (Lipinski definition) is 4. The number of aromatic amines is 1. The van der Waals surface area contributed by atoms with Gasteiger partial charge in [-0.3, -0.25) is 4.79 Å². The maximum atomic E-state index is 12.1. The van der Waals surface area contributed by atoms with Crippen LogP contribution in [0.3, 0.4) is 0 Å². The van der Waals surface area contributed by atoms with Crippen LogP contribution in [0.5, 0.6) is 5.75 Å². The number of carbonyl (C=O) groups is 1. The van der Waals surface area contributed by atoms with Crippen LogP contribution in [-0.4, -0.2) is 46.3 Å². The second-order valence-corrected chi connectivity index (χ2v) is 6.88. The summed E-state index contributed by atoms with van der Waals surface area (Å²) in [7, 11) is 0. The van der Waals surface area contributed by atoms with Gasteiger partial charge in [0, 0.05) is 36.4 Å². The summed E-state index contributed by atoms with van der Waals surface area (Å²) in [5, 5.41) is 22.9. The van der Waals surface area contributed by atoms with Crippen molar-refractivity contribution in [3.05, 3.63) is 45.7 Å². The third kappa shape index (κ3) is 2.55. The van der Waals surface area contributed by atoms with Crippen LogP contribution in [-0.2, 0) is 6.42 Å². The van der Waals surface area contributed by atoms with Crippen LogP contribution >= 0.6 is 0 Å². The van der Waals surface area contributed by atoms with Crippen LogP contribution in [0.15, 0.2) is 29.1 Å². The average molecular weight is 355 g/mol. The van der Waals surface area contributed by atoms with Gasteiger partial charge in [-0.1, -0.05) is 19.1 Å². The van der Waals surface area contributed by atoms with Gasteiger partial charge >= 0.3 is 5.97 Å². The van der Waals surface area contributed by atoms with Crippen molar-refractivity contribution in [2.45, 2.75) is 31.8 Å². The lowest BCUT2D eigenvalue weighted by atomic mass is 10.00. The van der Waals surface area contributed by atoms with Gasteiger partial charge in [0.15, 0.2) is 5.56 Å². The minimum absolute atomic E-state index is 0.404. The van der Waals surface area contributed by atoms with Crippen LogP contribution in [0.1, 0.15) is 29.3 Å². The van der Waals surface area contributed by atoms with Crippen molar-refractivity contribution in [1.29, 1.82) is 0 Å². The predicted molar refractivity (Wildman–Crippen MR) is 98.0 cm³/mol. The zero-order valence-electron chi connectivity index (χ0n) is 14.5. The van der Waals surface area contributed by atoms with E-state index in [2.05, 4.69) is 15.2 Å². The molecule has 0 saturated carbocycles. The summed E-state index contributed by atoms with van der Waals surface area (Å²) >= 11 is 0. The molecule has 2 unspecified atom stereocenters. The summed E-state index contributed by atoms with van der Waals surface area (Å²) in [6.45, 7) is 3.81. The number of aromatic hydroxyl groups is 1. The lowest BCUT2D eigenvalue weighted by molar-refractivity contribution is 0.0691. The second-order valence-electron chi connectivity index (χ2n) is 6.88. The molecule has 2 aliphatic rings. The molecule has 4 N–H and O–H groups in total. The van der Waals surface area contributed by atoms with Gasteiger partial charge < -0.3 is 25.4 Å². The molecule has 7 heteroatoms. The molecule has 2 bridgehead atoms. The van der Waals surface area contributed by atoms with Gasteiger partial charge in [0.1, 0.15) is 5.75 Å². The maximum absolute atomic E-state index is 12.1. The average Bonchev–Trinajstić information content (AvgIpc) is 3.24. The quantitative estimate of drug-likeness (QED) is 0.663. The highest BCUT2D eigenvalue weighted by molar-refractivity contribution is 5.92. The van der Waals surface area contributed by atoms with Gasteiger partial charge in [-0.15, -0.1) is 0 Å². The highest BCUT2D eigenvalue weighted by atomic mass is 16.4. The molecule has 136 valence electrons. The first-order valence-corrected chi connectivity index (χ1v) is 8.81. The minimum Gasteiger partial charge on any atom is -0.506 e. The number of nitrogens with one attached hydrogen (secondary N) is 2. The molecular formula is C19H21N3O4. The van der Waals surface area contributed by atoms with E-state index in [1.807, 2.05) is 31.2 Å². The topological polar surface area (TPSA) is 106 Å². The first-order valence-electron chi connectivity index (χ1n) is 8.81. The Labute approximate surface area is 150 Å². The zero-order valence-corrected chi connectivity index (χ0v) is 14.5. The van der Waals surface area contributed by atoms with E-state index in [0.29, 0.717) is 29.8 Å². The van der Waals surface area contributed by atoms with E-state index in [9.17, 15) is 14.7 Å². The third-order valence-corrected chi connectivity index (χ3v) is 5.40. The van der Waals surface area contributed by atoms with Crippen molar-refractivity contribution in [3.8, 4) is 17.0 Å². The molecule has 26 heavy (non-hydrogen) atoms. The zero-order chi connectivity index (χ0) is 18.4. The second kappa shape index (κ2) is 6.17. The normalized spacial score (nSPS) is 21.3. The molecule has 2 saturated heterocycles. The van der Waals surface area contributed by atoms with Crippen LogP contribution in [0.4, 0.5) is 5.69 Å². The number of aromatic nitrogens is 1. The summed E-state index contributed by atoms with van der Waals surface area (Å²) in [5.41, 5.74) is 1.37. The molecule has 0 spiro atoms. The molecule has 1 aromatic carbocycles. The Bertz CT molecular complexity index is 920. The number of hydrogen-bond acceptors (Lipinski definition) is 5. The molecule has 2 fully saturated rings. The summed E-state index contributed by atoms with van der Waals surface area (Å²) in [6.07, 6.45) is 1.57. The van der Waals surface area contributed by atoms with E-state index in [-0.39, 0.29) is 0 Å². The summed E-state index contributed by atoms with van der Waals surface area (Å²) in [6, 6.07) is 8.91. The molecule has 1 aromatic heterocycles. The monoisotopic (exact) mass is 355 g/mol. The van der Waals surface area contributed by atoms with Crippen molar-refractivity contribution < 1.29 is 15.0 Å². The van der Waals surface area contributed by atoms with Crippen molar-refractivity contribution >= 4 is 11.7 Å². The molecule has 7 nitrogen and oxygen atoms in total. The lowest BCUT2D eigenvalue weighted by Crippen LogP contribution is -2.43. The van der Waals surface area contributed by atoms with Gasteiger partial charge in [-0.05, 0) is 30.5 Å². The Morgan fingerprint density at radius 1 is 1.31 bits per heavy atom. The standard InChI is InChI=1S/C19H21N3O4/c1-2-14-16(21-18(24)15(17(14)23)19(25)26)10-3-5-12(6-4-10)22-9-11-7-13(22)8-20-11/h3-6,11,13,20H,2,7-9H2,1H3,(H,25,26)(H2,21,23,24). The first-order chi connectivity index (χ1) is 12.5. The number of benzene rings is 1. The first kappa shape index (κ1) is 16.7. The van der Waals surface area contributed by atoms with Crippen LogP contribution in [0.25, 0.3) is 11.3 Å². The van der Waals surface area contributed by atoms with Gasteiger partial charge in [-0.2, -0.15) is 0 Å². The van der Waals surface area contributed by atoms with Gasteiger partial charge in [-0.25, -0.2) is 4.79 Å². The molecule has 0 radical (unpaired) electrons. The Morgan fingerprint density at radius 2 is 2.04 bits per heavy atom. The number of pyridine rings is 1. The fraction of sp³-hybridized carbons (Fsp3) is 0.368. The molecular weight excluding hydrogens is 334 g/mol. The van der Waals surface area contributed by atoms with Crippen molar-refractivity contribution in [3.63, 3.8) is 0 Å². The van der Waals surface area contributed by atoms with E-state index in [4.69, 9.17) is 5.11 Å². The lowest BCUT2D eigenvalue weighted by Gasteiger charge is -2.29. The number of piperazine rings is 1. The molecule has 0 aliphatic carbocycles. The van der Waals surface area contributed by atoms with Gasteiger partial charge in [0.2, 0.25) is 0 Å². The summed E-state index contributed by atoms with van der Waals surface area (Å²) < 4.78 is 0. The molecule has 2 atom stereocenters. The van der Waals surface area contributed by atoms with Gasteiger partial charge in [0.05, 0.1) is 5.69 Å². The number of carboxylic acid groups (broad SMARTS) is 1. The molecule has 2 aromatic rings. The number of anilines is 1.